The van der Waals surface area contributed by atoms with Crippen LogP contribution < -0.4 is 0 Å². The van der Waals surface area contributed by atoms with Crippen LogP contribution in [0.4, 0.5) is 0 Å². The summed E-state index contributed by atoms with van der Waals surface area (Å²) >= 11 is 0. The van der Waals surface area contributed by atoms with Gasteiger partial charge in [0.15, 0.2) is 0 Å². The lowest BCUT2D eigenvalue weighted by molar-refractivity contribution is -0.150. The lowest BCUT2D eigenvalue weighted by atomic mass is 10.1. The maximum Gasteiger partial charge on any atom is 0.306 e. The van der Waals surface area contributed by atoms with Crippen LogP contribution in [0.5, 0.6) is 0 Å². The van der Waals surface area contributed by atoms with Crippen molar-refractivity contribution in [2.75, 3.05) is 0 Å². The van der Waals surface area contributed by atoms with Crippen molar-refractivity contribution in [2.45, 2.75) is 116 Å². The number of carbonyl (C=O) groups excluding carboxylic acids is 1. The predicted octanol–water partition coefficient (Wildman–Crippen LogP) is 5.87. The molecule has 1 atom stereocenters. The number of hydrogen-bond donors (Lipinski definition) is 1. The quantitative estimate of drug-likeness (QED) is 0.265. The average Bonchev–Trinajstić information content (AvgIpc) is 2.54. The van der Waals surface area contributed by atoms with Gasteiger partial charge in [0.25, 0.3) is 0 Å². The number of hydrogen-bond acceptors (Lipinski definition) is 3. The second-order valence-corrected chi connectivity index (χ2v) is 6.76. The highest BCUT2D eigenvalue weighted by Gasteiger charge is 2.14. The molecule has 142 valence electrons. The van der Waals surface area contributed by atoms with Gasteiger partial charge in [-0.05, 0) is 25.7 Å². The van der Waals surface area contributed by atoms with Gasteiger partial charge in [-0.3, -0.25) is 9.59 Å². The van der Waals surface area contributed by atoms with Crippen LogP contribution in [0, 0.1) is 0 Å². The molecule has 4 heteroatoms. The molecule has 0 heterocycles. The first-order valence-corrected chi connectivity index (χ1v) is 10.0. The van der Waals surface area contributed by atoms with Gasteiger partial charge in [0, 0.05) is 12.8 Å². The normalized spacial score (nSPS) is 12.1. The zero-order valence-electron chi connectivity index (χ0n) is 15.9. The Balaban J connectivity index is 3.77. The van der Waals surface area contributed by atoms with Gasteiger partial charge >= 0.3 is 11.9 Å². The van der Waals surface area contributed by atoms with Gasteiger partial charge in [-0.25, -0.2) is 0 Å². The van der Waals surface area contributed by atoms with Crippen LogP contribution in [0.15, 0.2) is 0 Å². The Morgan fingerprint density at radius 2 is 1.29 bits per heavy atom. The minimum Gasteiger partial charge on any atom is -0.481 e. The molecule has 0 rings (SSSR count). The molecule has 0 aromatic heterocycles. The lowest BCUT2D eigenvalue weighted by Crippen LogP contribution is -2.18. The van der Waals surface area contributed by atoms with Gasteiger partial charge in [-0.2, -0.15) is 0 Å². The maximum absolute atomic E-state index is 11.9. The molecule has 0 aromatic rings. The van der Waals surface area contributed by atoms with E-state index in [1.807, 2.05) is 0 Å². The number of carbonyl (C=O) groups is 2. The van der Waals surface area contributed by atoms with E-state index >= 15 is 0 Å². The van der Waals surface area contributed by atoms with Crippen molar-refractivity contribution in [3.8, 4) is 0 Å². The summed E-state index contributed by atoms with van der Waals surface area (Å²) < 4.78 is 5.56. The summed E-state index contributed by atoms with van der Waals surface area (Å²) in [5.41, 5.74) is 0. The third kappa shape index (κ3) is 15.8. The minimum absolute atomic E-state index is 0.106. The molecule has 0 saturated heterocycles. The lowest BCUT2D eigenvalue weighted by Gasteiger charge is -2.17. The Morgan fingerprint density at radius 1 is 0.750 bits per heavy atom. The first kappa shape index (κ1) is 22.9. The number of carboxylic acid groups (broad SMARTS) is 1. The summed E-state index contributed by atoms with van der Waals surface area (Å²) in [4.78, 5) is 22.5. The molecular weight excluding hydrogens is 304 g/mol. The fraction of sp³-hybridized carbons (Fsp3) is 0.900. The highest BCUT2D eigenvalue weighted by Crippen LogP contribution is 2.15. The summed E-state index contributed by atoms with van der Waals surface area (Å²) in [6.45, 7) is 4.33. The fourth-order valence-corrected chi connectivity index (χ4v) is 2.82. The molecule has 0 aliphatic rings. The minimum atomic E-state index is -0.783. The second-order valence-electron chi connectivity index (χ2n) is 6.76. The average molecular weight is 343 g/mol. The van der Waals surface area contributed by atoms with E-state index in [4.69, 9.17) is 9.84 Å². The van der Waals surface area contributed by atoms with Crippen LogP contribution in [-0.2, 0) is 14.3 Å². The van der Waals surface area contributed by atoms with Gasteiger partial charge in [0.1, 0.15) is 6.10 Å². The Hall–Kier alpha value is -1.06. The highest BCUT2D eigenvalue weighted by atomic mass is 16.5. The molecule has 1 N–H and O–H groups in total. The predicted molar refractivity (Wildman–Crippen MR) is 98.1 cm³/mol. The SMILES string of the molecule is CCCCCCCCCCC(=O)OC(CCCC)CCCC(=O)O. The molecule has 0 aliphatic heterocycles. The smallest absolute Gasteiger partial charge is 0.306 e. The van der Waals surface area contributed by atoms with E-state index in [9.17, 15) is 9.59 Å². The number of rotatable bonds is 17. The summed E-state index contributed by atoms with van der Waals surface area (Å²) in [7, 11) is 0. The van der Waals surface area contributed by atoms with Crippen molar-refractivity contribution < 1.29 is 19.4 Å². The van der Waals surface area contributed by atoms with Crippen LogP contribution in [0.1, 0.15) is 110 Å². The van der Waals surface area contributed by atoms with Crippen molar-refractivity contribution in [2.24, 2.45) is 0 Å². The molecule has 0 fully saturated rings. The van der Waals surface area contributed by atoms with Crippen LogP contribution in [-0.4, -0.2) is 23.1 Å². The van der Waals surface area contributed by atoms with Crippen LogP contribution in [0.2, 0.25) is 0 Å². The summed E-state index contributed by atoms with van der Waals surface area (Å²) in [6.07, 6.45) is 14.4. The van der Waals surface area contributed by atoms with Gasteiger partial charge in [0.2, 0.25) is 0 Å². The van der Waals surface area contributed by atoms with Crippen LogP contribution in [0.3, 0.4) is 0 Å². The first-order chi connectivity index (χ1) is 11.6. The molecule has 0 bridgehead atoms. The maximum atomic E-state index is 11.9. The van der Waals surface area contributed by atoms with Crippen molar-refractivity contribution >= 4 is 11.9 Å². The van der Waals surface area contributed by atoms with E-state index < -0.39 is 5.97 Å². The van der Waals surface area contributed by atoms with Crippen LogP contribution in [0.25, 0.3) is 0 Å². The molecule has 0 amide bonds. The number of unbranched alkanes of at least 4 members (excludes halogenated alkanes) is 8. The molecule has 0 spiro atoms. The molecule has 0 aliphatic carbocycles. The Kier molecular flexibility index (Phi) is 16.0. The molecule has 24 heavy (non-hydrogen) atoms. The van der Waals surface area contributed by atoms with Crippen molar-refractivity contribution in [1.82, 2.24) is 0 Å². The van der Waals surface area contributed by atoms with Crippen molar-refractivity contribution in [3.63, 3.8) is 0 Å². The van der Waals surface area contributed by atoms with E-state index in [-0.39, 0.29) is 18.5 Å². The third-order valence-corrected chi connectivity index (χ3v) is 4.33. The number of ether oxygens (including phenoxy) is 1. The molecule has 0 aromatic carbocycles. The molecule has 0 saturated carbocycles. The van der Waals surface area contributed by atoms with E-state index in [1.165, 1.54) is 38.5 Å². The number of carboxylic acids is 1. The Labute approximate surface area is 148 Å². The second kappa shape index (κ2) is 16.8. The molecule has 0 radical (unpaired) electrons. The number of esters is 1. The molecular formula is C20H38O4. The third-order valence-electron chi connectivity index (χ3n) is 4.33. The van der Waals surface area contributed by atoms with Gasteiger partial charge in [0.05, 0.1) is 0 Å². The highest BCUT2D eigenvalue weighted by molar-refractivity contribution is 5.69. The monoisotopic (exact) mass is 342 g/mol. The van der Waals surface area contributed by atoms with Crippen LogP contribution >= 0.6 is 0 Å². The molecule has 1 unspecified atom stereocenters. The first-order valence-electron chi connectivity index (χ1n) is 10.0. The largest absolute Gasteiger partial charge is 0.481 e. The summed E-state index contributed by atoms with van der Waals surface area (Å²) in [6, 6.07) is 0. The zero-order valence-corrected chi connectivity index (χ0v) is 15.9. The Morgan fingerprint density at radius 3 is 1.88 bits per heavy atom. The van der Waals surface area contributed by atoms with Crippen molar-refractivity contribution in [1.29, 1.82) is 0 Å². The van der Waals surface area contributed by atoms with E-state index in [0.29, 0.717) is 19.3 Å². The van der Waals surface area contributed by atoms with Gasteiger partial charge in [-0.1, -0.05) is 71.6 Å². The number of aliphatic carboxylic acids is 1. The van der Waals surface area contributed by atoms with Crippen molar-refractivity contribution in [3.05, 3.63) is 0 Å². The van der Waals surface area contributed by atoms with Gasteiger partial charge in [-0.15, -0.1) is 0 Å². The van der Waals surface area contributed by atoms with E-state index in [1.54, 1.807) is 0 Å². The summed E-state index contributed by atoms with van der Waals surface area (Å²) in [5, 5.41) is 8.71. The van der Waals surface area contributed by atoms with Gasteiger partial charge < -0.3 is 9.84 Å². The molecule has 4 nitrogen and oxygen atoms in total. The summed E-state index contributed by atoms with van der Waals surface area (Å²) in [5.74, 6) is -0.896. The standard InChI is InChI=1S/C20H38O4/c1-3-5-7-8-9-10-11-12-17-20(23)24-18(14-6-4-2)15-13-16-19(21)22/h18H,3-17H2,1-2H3,(H,21,22). The topological polar surface area (TPSA) is 63.6 Å². The van der Waals surface area contributed by atoms with E-state index in [2.05, 4.69) is 13.8 Å². The fourth-order valence-electron chi connectivity index (χ4n) is 2.82. The zero-order chi connectivity index (χ0) is 18.0. The Bertz CT molecular complexity index is 315. The van der Waals surface area contributed by atoms with E-state index in [0.717, 1.165) is 32.1 Å².